The van der Waals surface area contributed by atoms with Crippen LogP contribution in [0.3, 0.4) is 0 Å². The van der Waals surface area contributed by atoms with Gasteiger partial charge in [0.05, 0.1) is 24.3 Å². The molecular formula is C24H29ClF2N4O2. The summed E-state index contributed by atoms with van der Waals surface area (Å²) >= 11 is 6.11. The van der Waals surface area contributed by atoms with Crippen molar-refractivity contribution in [2.24, 2.45) is 17.1 Å². The second-order valence-corrected chi connectivity index (χ2v) is 10.3. The lowest BCUT2D eigenvalue weighted by atomic mass is 9.68. The van der Waals surface area contributed by atoms with Gasteiger partial charge in [-0.05, 0) is 36.3 Å². The molecule has 6 nitrogen and oxygen atoms in total. The summed E-state index contributed by atoms with van der Waals surface area (Å²) in [6.07, 6.45) is 0.882. The molecule has 2 aliphatic rings. The highest BCUT2D eigenvalue weighted by molar-refractivity contribution is 6.30. The summed E-state index contributed by atoms with van der Waals surface area (Å²) in [6, 6.07) is 7.05. The van der Waals surface area contributed by atoms with Crippen LogP contribution in [-0.2, 0) is 17.9 Å². The van der Waals surface area contributed by atoms with Crippen LogP contribution in [0.5, 0.6) is 0 Å². The van der Waals surface area contributed by atoms with Crippen LogP contribution in [0.2, 0.25) is 5.02 Å². The molecule has 2 amide bonds. The van der Waals surface area contributed by atoms with E-state index in [1.165, 1.54) is 0 Å². The van der Waals surface area contributed by atoms with E-state index < -0.39 is 11.8 Å². The maximum absolute atomic E-state index is 13.6. The Labute approximate surface area is 197 Å². The summed E-state index contributed by atoms with van der Waals surface area (Å²) in [4.78, 5) is 27.3. The predicted molar refractivity (Wildman–Crippen MR) is 122 cm³/mol. The molecule has 0 bridgehead atoms. The van der Waals surface area contributed by atoms with Crippen molar-refractivity contribution in [1.82, 2.24) is 14.7 Å². The van der Waals surface area contributed by atoms with Crippen molar-refractivity contribution in [3.8, 4) is 11.3 Å². The standard InChI is InChI=1S/C24H29ClF2N4O2/c1-23(2,16-6-8-24(26,27)9-7-16)13-19(32)30-10-11-31-18(14-30)20(22(28)33)21(29-31)15-4-3-5-17(25)12-15/h3-5,12,16H,6-11,13-14H2,1-2H3,(H2,28,33). The number of amides is 2. The number of aromatic nitrogens is 2. The zero-order chi connectivity index (χ0) is 24.0. The summed E-state index contributed by atoms with van der Waals surface area (Å²) in [5.74, 6) is -3.17. The van der Waals surface area contributed by atoms with E-state index in [9.17, 15) is 18.4 Å². The highest BCUT2D eigenvalue weighted by Gasteiger charge is 2.42. The van der Waals surface area contributed by atoms with Crippen LogP contribution in [0.4, 0.5) is 8.78 Å². The minimum Gasteiger partial charge on any atom is -0.365 e. The molecule has 2 heterocycles. The Kier molecular flexibility index (Phi) is 6.24. The summed E-state index contributed by atoms with van der Waals surface area (Å²) in [5, 5.41) is 5.11. The van der Waals surface area contributed by atoms with Gasteiger partial charge in [-0.15, -0.1) is 0 Å². The summed E-state index contributed by atoms with van der Waals surface area (Å²) < 4.78 is 28.9. The van der Waals surface area contributed by atoms with Gasteiger partial charge in [-0.2, -0.15) is 5.10 Å². The number of hydrogen-bond acceptors (Lipinski definition) is 3. The number of primary amides is 1. The van der Waals surface area contributed by atoms with Gasteiger partial charge in [0.25, 0.3) is 5.91 Å². The monoisotopic (exact) mass is 478 g/mol. The van der Waals surface area contributed by atoms with E-state index in [0.717, 1.165) is 0 Å². The van der Waals surface area contributed by atoms with E-state index in [1.807, 2.05) is 19.9 Å². The Bertz CT molecular complexity index is 1070. The first-order chi connectivity index (χ1) is 15.5. The summed E-state index contributed by atoms with van der Waals surface area (Å²) in [6.45, 7) is 5.10. The van der Waals surface area contributed by atoms with Crippen molar-refractivity contribution < 1.29 is 18.4 Å². The quantitative estimate of drug-likeness (QED) is 0.664. The van der Waals surface area contributed by atoms with E-state index in [-0.39, 0.29) is 43.0 Å². The Morgan fingerprint density at radius 1 is 1.24 bits per heavy atom. The largest absolute Gasteiger partial charge is 0.365 e. The molecule has 9 heteroatoms. The van der Waals surface area contributed by atoms with Crippen LogP contribution in [0.15, 0.2) is 24.3 Å². The number of alkyl halides is 2. The topological polar surface area (TPSA) is 81.2 Å². The third-order valence-corrected chi connectivity index (χ3v) is 7.34. The molecule has 0 atom stereocenters. The normalized spacial score (nSPS) is 18.8. The number of rotatable bonds is 5. The van der Waals surface area contributed by atoms with Crippen molar-refractivity contribution in [1.29, 1.82) is 0 Å². The fraction of sp³-hybridized carbons (Fsp3) is 0.542. The Morgan fingerprint density at radius 3 is 2.58 bits per heavy atom. The fourth-order valence-corrected chi connectivity index (χ4v) is 5.29. The number of fused-ring (bicyclic) bond motifs is 1. The van der Waals surface area contributed by atoms with E-state index in [2.05, 4.69) is 5.10 Å². The van der Waals surface area contributed by atoms with Gasteiger partial charge in [-0.25, -0.2) is 8.78 Å². The third-order valence-electron chi connectivity index (χ3n) is 7.11. The van der Waals surface area contributed by atoms with Crippen molar-refractivity contribution in [3.63, 3.8) is 0 Å². The van der Waals surface area contributed by atoms with Crippen molar-refractivity contribution in [2.45, 2.75) is 65.0 Å². The smallest absolute Gasteiger partial charge is 0.252 e. The minimum absolute atomic E-state index is 0.0514. The number of halogens is 3. The number of nitrogens with two attached hydrogens (primary N) is 1. The molecule has 0 radical (unpaired) electrons. The lowest BCUT2D eigenvalue weighted by molar-refractivity contribution is -0.136. The Morgan fingerprint density at radius 2 is 1.94 bits per heavy atom. The van der Waals surface area contributed by atoms with Crippen LogP contribution in [0.1, 0.15) is 62.0 Å². The molecule has 1 fully saturated rings. The van der Waals surface area contributed by atoms with Gasteiger partial charge in [-0.1, -0.05) is 37.6 Å². The van der Waals surface area contributed by atoms with Crippen LogP contribution in [-0.4, -0.2) is 39.0 Å². The second kappa shape index (κ2) is 8.70. The summed E-state index contributed by atoms with van der Waals surface area (Å²) in [7, 11) is 0. The molecule has 178 valence electrons. The van der Waals surface area contributed by atoms with Crippen LogP contribution in [0, 0.1) is 11.3 Å². The van der Waals surface area contributed by atoms with Gasteiger partial charge in [0, 0.05) is 36.4 Å². The van der Waals surface area contributed by atoms with E-state index in [1.54, 1.807) is 27.8 Å². The van der Waals surface area contributed by atoms with Gasteiger partial charge in [0.15, 0.2) is 0 Å². The molecule has 0 unspecified atom stereocenters. The maximum atomic E-state index is 13.6. The number of carbonyl (C=O) groups is 2. The number of benzene rings is 1. The average Bonchev–Trinajstić information content (AvgIpc) is 3.12. The van der Waals surface area contributed by atoms with Gasteiger partial charge in [-0.3, -0.25) is 14.3 Å². The highest BCUT2D eigenvalue weighted by atomic mass is 35.5. The summed E-state index contributed by atoms with van der Waals surface area (Å²) in [5.41, 5.74) is 7.37. The van der Waals surface area contributed by atoms with Crippen molar-refractivity contribution in [3.05, 3.63) is 40.5 Å². The molecule has 1 aliphatic carbocycles. The first-order valence-corrected chi connectivity index (χ1v) is 11.7. The van der Waals surface area contributed by atoms with Crippen molar-refractivity contribution in [2.75, 3.05) is 6.54 Å². The molecule has 0 spiro atoms. The molecule has 1 saturated carbocycles. The lowest BCUT2D eigenvalue weighted by Crippen LogP contribution is -2.42. The number of nitrogens with zero attached hydrogens (tertiary/aromatic N) is 3. The zero-order valence-corrected chi connectivity index (χ0v) is 19.7. The first kappa shape index (κ1) is 23.7. The van der Waals surface area contributed by atoms with Gasteiger partial charge < -0.3 is 10.6 Å². The molecule has 4 rings (SSSR count). The van der Waals surface area contributed by atoms with Gasteiger partial charge in [0.1, 0.15) is 5.69 Å². The van der Waals surface area contributed by atoms with E-state index in [4.69, 9.17) is 17.3 Å². The van der Waals surface area contributed by atoms with Gasteiger partial charge in [0.2, 0.25) is 11.8 Å². The molecule has 2 aromatic rings. The zero-order valence-electron chi connectivity index (χ0n) is 18.9. The SMILES string of the molecule is CC(C)(CC(=O)N1CCn2nc(-c3cccc(Cl)c3)c(C(N)=O)c2C1)C1CCC(F)(F)CC1. The fourth-order valence-electron chi connectivity index (χ4n) is 5.09. The Balaban J connectivity index is 1.52. The van der Waals surface area contributed by atoms with Crippen LogP contribution in [0.25, 0.3) is 11.3 Å². The average molecular weight is 479 g/mol. The molecule has 33 heavy (non-hydrogen) atoms. The van der Waals surface area contributed by atoms with E-state index in [0.29, 0.717) is 53.5 Å². The van der Waals surface area contributed by atoms with E-state index >= 15 is 0 Å². The molecular weight excluding hydrogens is 450 g/mol. The number of carbonyl (C=O) groups excluding carboxylic acids is 2. The Hall–Kier alpha value is -2.48. The first-order valence-electron chi connectivity index (χ1n) is 11.3. The molecule has 1 aromatic heterocycles. The minimum atomic E-state index is -2.59. The molecule has 1 aliphatic heterocycles. The highest BCUT2D eigenvalue weighted by Crippen LogP contribution is 2.45. The molecule has 1 aromatic carbocycles. The molecule has 2 N–H and O–H groups in total. The molecule has 0 saturated heterocycles. The van der Waals surface area contributed by atoms with Crippen LogP contribution < -0.4 is 5.73 Å². The third kappa shape index (κ3) is 4.90. The maximum Gasteiger partial charge on any atom is 0.252 e. The number of hydrogen-bond donors (Lipinski definition) is 1. The second-order valence-electron chi connectivity index (χ2n) is 9.88. The van der Waals surface area contributed by atoms with Crippen molar-refractivity contribution >= 4 is 23.4 Å². The predicted octanol–water partition coefficient (Wildman–Crippen LogP) is 4.89. The van der Waals surface area contributed by atoms with Crippen LogP contribution >= 0.6 is 11.6 Å². The van der Waals surface area contributed by atoms with Gasteiger partial charge >= 0.3 is 0 Å². The lowest BCUT2D eigenvalue weighted by Gasteiger charge is -2.40.